The SMILES string of the molecule is CCC1CCC([Si](OC)(OC)OC)CC1. The van der Waals surface area contributed by atoms with Crippen molar-refractivity contribution >= 4 is 8.80 Å². The average molecular weight is 232 g/mol. The zero-order valence-electron chi connectivity index (χ0n) is 10.4. The lowest BCUT2D eigenvalue weighted by atomic mass is 9.87. The van der Waals surface area contributed by atoms with Gasteiger partial charge in [0, 0.05) is 26.9 Å². The van der Waals surface area contributed by atoms with Gasteiger partial charge in [0.25, 0.3) is 0 Å². The molecule has 0 bridgehead atoms. The van der Waals surface area contributed by atoms with Crippen LogP contribution in [0.5, 0.6) is 0 Å². The normalized spacial score (nSPS) is 28.0. The van der Waals surface area contributed by atoms with Crippen LogP contribution in [-0.4, -0.2) is 30.1 Å². The molecule has 1 aliphatic rings. The van der Waals surface area contributed by atoms with Crippen molar-refractivity contribution in [2.45, 2.75) is 44.6 Å². The van der Waals surface area contributed by atoms with E-state index in [1.165, 1.54) is 32.1 Å². The molecular weight excluding hydrogens is 208 g/mol. The molecule has 0 aromatic heterocycles. The Morgan fingerprint density at radius 3 is 1.73 bits per heavy atom. The molecular formula is C11H24O3Si. The lowest BCUT2D eigenvalue weighted by Gasteiger charge is -2.36. The van der Waals surface area contributed by atoms with E-state index in [0.717, 1.165) is 5.92 Å². The van der Waals surface area contributed by atoms with Crippen LogP contribution in [0.25, 0.3) is 0 Å². The molecule has 0 N–H and O–H groups in total. The zero-order valence-corrected chi connectivity index (χ0v) is 11.4. The zero-order chi connectivity index (χ0) is 11.3. The maximum Gasteiger partial charge on any atom is 0.503 e. The molecule has 0 heterocycles. The van der Waals surface area contributed by atoms with Crippen LogP contribution in [0, 0.1) is 5.92 Å². The van der Waals surface area contributed by atoms with Gasteiger partial charge in [-0.25, -0.2) is 0 Å². The number of rotatable bonds is 5. The van der Waals surface area contributed by atoms with Gasteiger partial charge in [-0.15, -0.1) is 0 Å². The first kappa shape index (κ1) is 13.2. The third-order valence-electron chi connectivity index (χ3n) is 3.78. The average Bonchev–Trinajstić information content (AvgIpc) is 2.33. The van der Waals surface area contributed by atoms with Crippen molar-refractivity contribution in [3.63, 3.8) is 0 Å². The van der Waals surface area contributed by atoms with Crippen molar-refractivity contribution in [1.29, 1.82) is 0 Å². The van der Waals surface area contributed by atoms with Crippen LogP contribution < -0.4 is 0 Å². The minimum atomic E-state index is -2.36. The van der Waals surface area contributed by atoms with Gasteiger partial charge in [0.05, 0.1) is 0 Å². The fourth-order valence-electron chi connectivity index (χ4n) is 2.67. The van der Waals surface area contributed by atoms with E-state index in [-0.39, 0.29) is 0 Å². The molecule has 90 valence electrons. The van der Waals surface area contributed by atoms with Crippen LogP contribution >= 0.6 is 0 Å². The first-order chi connectivity index (χ1) is 7.22. The van der Waals surface area contributed by atoms with Crippen molar-refractivity contribution in [3.8, 4) is 0 Å². The molecule has 0 spiro atoms. The predicted octanol–water partition coefficient (Wildman–Crippen LogP) is 2.83. The molecule has 1 saturated carbocycles. The highest BCUT2D eigenvalue weighted by Gasteiger charge is 2.47. The van der Waals surface area contributed by atoms with E-state index in [9.17, 15) is 0 Å². The minimum Gasteiger partial charge on any atom is -0.377 e. The van der Waals surface area contributed by atoms with Gasteiger partial charge in [-0.1, -0.05) is 26.2 Å². The van der Waals surface area contributed by atoms with Crippen LogP contribution in [0.3, 0.4) is 0 Å². The van der Waals surface area contributed by atoms with Gasteiger partial charge >= 0.3 is 8.80 Å². The Kier molecular flexibility index (Phi) is 5.25. The second-order valence-corrected chi connectivity index (χ2v) is 7.59. The molecule has 0 radical (unpaired) electrons. The Morgan fingerprint density at radius 1 is 0.933 bits per heavy atom. The molecule has 4 heteroatoms. The Balaban J connectivity index is 2.56. The van der Waals surface area contributed by atoms with Gasteiger partial charge in [-0.05, 0) is 18.8 Å². The quantitative estimate of drug-likeness (QED) is 0.682. The van der Waals surface area contributed by atoms with Crippen molar-refractivity contribution < 1.29 is 13.3 Å². The summed E-state index contributed by atoms with van der Waals surface area (Å²) in [5, 5.41) is 0. The van der Waals surface area contributed by atoms with Crippen molar-refractivity contribution in [2.75, 3.05) is 21.3 Å². The third kappa shape index (κ3) is 2.81. The molecule has 15 heavy (non-hydrogen) atoms. The minimum absolute atomic E-state index is 0.500. The summed E-state index contributed by atoms with van der Waals surface area (Å²) in [6.45, 7) is 2.28. The van der Waals surface area contributed by atoms with E-state index in [2.05, 4.69) is 6.92 Å². The van der Waals surface area contributed by atoms with Gasteiger partial charge < -0.3 is 13.3 Å². The second-order valence-electron chi connectivity index (χ2n) is 4.34. The maximum atomic E-state index is 5.54. The molecule has 0 saturated heterocycles. The van der Waals surface area contributed by atoms with Crippen LogP contribution in [0.2, 0.25) is 5.54 Å². The van der Waals surface area contributed by atoms with Crippen LogP contribution in [0.15, 0.2) is 0 Å². The summed E-state index contributed by atoms with van der Waals surface area (Å²) in [5.41, 5.74) is 0.500. The molecule has 1 aliphatic carbocycles. The summed E-state index contributed by atoms with van der Waals surface area (Å²) in [6, 6.07) is 0. The smallest absolute Gasteiger partial charge is 0.377 e. The summed E-state index contributed by atoms with van der Waals surface area (Å²) in [6.07, 6.45) is 6.28. The summed E-state index contributed by atoms with van der Waals surface area (Å²) >= 11 is 0. The highest BCUT2D eigenvalue weighted by atomic mass is 28.4. The van der Waals surface area contributed by atoms with E-state index >= 15 is 0 Å². The molecule has 0 unspecified atom stereocenters. The monoisotopic (exact) mass is 232 g/mol. The Bertz CT molecular complexity index is 166. The fraction of sp³-hybridized carbons (Fsp3) is 1.00. The molecule has 1 rings (SSSR count). The fourth-order valence-corrected chi connectivity index (χ4v) is 5.21. The summed E-state index contributed by atoms with van der Waals surface area (Å²) < 4.78 is 16.6. The molecule has 0 atom stereocenters. The van der Waals surface area contributed by atoms with Crippen LogP contribution in [-0.2, 0) is 13.3 Å². The van der Waals surface area contributed by atoms with Crippen molar-refractivity contribution in [3.05, 3.63) is 0 Å². The van der Waals surface area contributed by atoms with E-state index in [0.29, 0.717) is 5.54 Å². The molecule has 1 fully saturated rings. The van der Waals surface area contributed by atoms with E-state index < -0.39 is 8.80 Å². The molecule has 0 aromatic carbocycles. The molecule has 0 aromatic rings. The van der Waals surface area contributed by atoms with E-state index in [1.54, 1.807) is 21.3 Å². The first-order valence-electron chi connectivity index (χ1n) is 5.87. The highest BCUT2D eigenvalue weighted by molar-refractivity contribution is 6.62. The summed E-state index contributed by atoms with van der Waals surface area (Å²) in [4.78, 5) is 0. The topological polar surface area (TPSA) is 27.7 Å². The standard InChI is InChI=1S/C11H24O3Si/c1-5-10-6-8-11(9-7-10)15(12-2,13-3)14-4/h10-11H,5-9H2,1-4H3. The summed E-state index contributed by atoms with van der Waals surface area (Å²) in [5.74, 6) is 0.901. The van der Waals surface area contributed by atoms with E-state index in [4.69, 9.17) is 13.3 Å². The molecule has 0 amide bonds. The maximum absolute atomic E-state index is 5.54. The van der Waals surface area contributed by atoms with Gasteiger partial charge in [0.1, 0.15) is 0 Å². The van der Waals surface area contributed by atoms with Crippen LogP contribution in [0.4, 0.5) is 0 Å². The summed E-state index contributed by atoms with van der Waals surface area (Å²) in [7, 11) is 2.78. The van der Waals surface area contributed by atoms with Gasteiger partial charge in [-0.2, -0.15) is 0 Å². The van der Waals surface area contributed by atoms with Gasteiger partial charge in [-0.3, -0.25) is 0 Å². The van der Waals surface area contributed by atoms with Crippen molar-refractivity contribution in [2.24, 2.45) is 5.92 Å². The number of hydrogen-bond acceptors (Lipinski definition) is 3. The van der Waals surface area contributed by atoms with Gasteiger partial charge in [0.2, 0.25) is 0 Å². The lowest BCUT2D eigenvalue weighted by molar-refractivity contribution is 0.101. The highest BCUT2D eigenvalue weighted by Crippen LogP contribution is 2.40. The second kappa shape index (κ2) is 5.99. The Hall–Kier alpha value is 0.0969. The lowest BCUT2D eigenvalue weighted by Crippen LogP contribution is -2.48. The molecule has 3 nitrogen and oxygen atoms in total. The first-order valence-corrected chi connectivity index (χ1v) is 7.68. The van der Waals surface area contributed by atoms with Gasteiger partial charge in [0.15, 0.2) is 0 Å². The molecule has 0 aliphatic heterocycles. The largest absolute Gasteiger partial charge is 0.503 e. The number of hydrogen-bond donors (Lipinski definition) is 0. The van der Waals surface area contributed by atoms with Crippen LogP contribution in [0.1, 0.15) is 39.0 Å². The Morgan fingerprint density at radius 2 is 1.40 bits per heavy atom. The third-order valence-corrected chi connectivity index (χ3v) is 7.06. The van der Waals surface area contributed by atoms with E-state index in [1.807, 2.05) is 0 Å². The Labute approximate surface area is 94.5 Å². The predicted molar refractivity (Wildman–Crippen MR) is 62.8 cm³/mol. The van der Waals surface area contributed by atoms with Crippen molar-refractivity contribution in [1.82, 2.24) is 0 Å².